The number of nitrogens with zero attached hydrogens (tertiary/aromatic N) is 1. The number of nitrogens with two attached hydrogens (primary N) is 1. The van der Waals surface area contributed by atoms with E-state index in [1.165, 1.54) is 0 Å². The fraction of sp³-hybridized carbons (Fsp3) is 0.286. The molecule has 0 aromatic rings. The zero-order valence-electron chi connectivity index (χ0n) is 5.20. The van der Waals surface area contributed by atoms with Gasteiger partial charge in [-0.05, 0) is 6.42 Å². The van der Waals surface area contributed by atoms with Gasteiger partial charge in [0, 0.05) is 12.4 Å². The Labute approximate surface area is 54.8 Å². The number of aliphatic imine (C=N–C) groups is 1. The molecule has 1 aliphatic rings. The predicted octanol–water partition coefficient (Wildman–Crippen LogP) is 0.858. The molecule has 0 amide bonds. The van der Waals surface area contributed by atoms with Crippen molar-refractivity contribution in [3.05, 3.63) is 24.4 Å². The van der Waals surface area contributed by atoms with Gasteiger partial charge >= 0.3 is 0 Å². The second kappa shape index (κ2) is 3.20. The van der Waals surface area contributed by atoms with Gasteiger partial charge in [-0.3, -0.25) is 4.99 Å². The van der Waals surface area contributed by atoms with E-state index >= 15 is 0 Å². The summed E-state index contributed by atoms with van der Waals surface area (Å²) < 4.78 is 0. The van der Waals surface area contributed by atoms with E-state index in [9.17, 15) is 0 Å². The molecule has 0 fully saturated rings. The fourth-order valence-corrected chi connectivity index (χ4v) is 0.635. The monoisotopic (exact) mass is 122 g/mol. The van der Waals surface area contributed by atoms with E-state index in [2.05, 4.69) is 4.99 Å². The number of hydrogen-bond acceptors (Lipinski definition) is 2. The smallest absolute Gasteiger partial charge is 0.0585 e. The third kappa shape index (κ3) is 2.24. The molecule has 2 heteroatoms. The Morgan fingerprint density at radius 2 is 2.33 bits per heavy atom. The van der Waals surface area contributed by atoms with Crippen LogP contribution >= 0.6 is 0 Å². The molecule has 0 bridgehead atoms. The zero-order chi connectivity index (χ0) is 6.53. The van der Waals surface area contributed by atoms with Crippen molar-refractivity contribution >= 4 is 6.21 Å². The minimum absolute atomic E-state index is 0.00468. The summed E-state index contributed by atoms with van der Waals surface area (Å²) in [5.74, 6) is 0. The maximum absolute atomic E-state index is 5.53. The molecule has 1 rings (SSSR count). The summed E-state index contributed by atoms with van der Waals surface area (Å²) in [5.41, 5.74) is 5.53. The van der Waals surface area contributed by atoms with Gasteiger partial charge in [-0.25, -0.2) is 0 Å². The van der Waals surface area contributed by atoms with Crippen LogP contribution in [0.5, 0.6) is 0 Å². The largest absolute Gasteiger partial charge is 0.320 e. The van der Waals surface area contributed by atoms with E-state index in [1.54, 1.807) is 12.4 Å². The van der Waals surface area contributed by atoms with Crippen LogP contribution < -0.4 is 5.73 Å². The maximum Gasteiger partial charge on any atom is 0.0585 e. The molecular formula is C7H10N2. The number of hydrogen-bond donors (Lipinski definition) is 1. The molecule has 0 spiro atoms. The Kier molecular flexibility index (Phi) is 2.22. The number of rotatable bonds is 0. The van der Waals surface area contributed by atoms with Crippen molar-refractivity contribution in [3.8, 4) is 0 Å². The lowest BCUT2D eigenvalue weighted by molar-refractivity contribution is 1.08. The highest BCUT2D eigenvalue weighted by atomic mass is 14.7. The highest BCUT2D eigenvalue weighted by Gasteiger charge is 1.88. The minimum atomic E-state index is -0.00468. The summed E-state index contributed by atoms with van der Waals surface area (Å²) in [5, 5.41) is 0. The molecule has 0 aromatic carbocycles. The summed E-state index contributed by atoms with van der Waals surface area (Å²) in [6.07, 6.45) is 10.4. The first kappa shape index (κ1) is 6.23. The molecule has 1 heterocycles. The van der Waals surface area contributed by atoms with Crippen molar-refractivity contribution in [2.45, 2.75) is 12.5 Å². The highest BCUT2D eigenvalue weighted by molar-refractivity contribution is 5.67. The van der Waals surface area contributed by atoms with Crippen LogP contribution in [-0.2, 0) is 0 Å². The summed E-state index contributed by atoms with van der Waals surface area (Å²) in [7, 11) is 0. The lowest BCUT2D eigenvalue weighted by Crippen LogP contribution is -2.18. The fourth-order valence-electron chi connectivity index (χ4n) is 0.635. The van der Waals surface area contributed by atoms with Gasteiger partial charge in [0.25, 0.3) is 0 Å². The van der Waals surface area contributed by atoms with Gasteiger partial charge in [0.1, 0.15) is 0 Å². The van der Waals surface area contributed by atoms with Crippen LogP contribution in [0.1, 0.15) is 6.42 Å². The Balaban J connectivity index is 2.61. The van der Waals surface area contributed by atoms with E-state index in [4.69, 9.17) is 5.73 Å². The van der Waals surface area contributed by atoms with E-state index in [1.807, 2.05) is 18.2 Å². The molecule has 0 aliphatic carbocycles. The molecule has 2 N–H and O–H groups in total. The van der Waals surface area contributed by atoms with Gasteiger partial charge in [-0.1, -0.05) is 18.2 Å². The maximum atomic E-state index is 5.53. The number of allylic oxidation sites excluding steroid dienone is 2. The second-order valence-electron chi connectivity index (χ2n) is 1.92. The first-order valence-electron chi connectivity index (χ1n) is 3.00. The van der Waals surface area contributed by atoms with E-state index in [0.29, 0.717) is 0 Å². The average Bonchev–Trinajstić information content (AvgIpc) is 1.79. The molecule has 0 aromatic heterocycles. The highest BCUT2D eigenvalue weighted by Crippen LogP contribution is 1.91. The van der Waals surface area contributed by atoms with Gasteiger partial charge in [0.15, 0.2) is 0 Å². The molecule has 48 valence electrons. The van der Waals surface area contributed by atoms with Crippen LogP contribution in [-0.4, -0.2) is 12.3 Å². The van der Waals surface area contributed by atoms with Crippen molar-refractivity contribution in [2.24, 2.45) is 10.7 Å². The lowest BCUT2D eigenvalue weighted by Gasteiger charge is -1.96. The van der Waals surface area contributed by atoms with Crippen LogP contribution in [0.15, 0.2) is 29.4 Å². The molecular weight excluding hydrogens is 112 g/mol. The molecule has 0 saturated carbocycles. The average molecular weight is 122 g/mol. The van der Waals surface area contributed by atoms with Crippen LogP contribution in [0.3, 0.4) is 0 Å². The topological polar surface area (TPSA) is 38.4 Å². The zero-order valence-corrected chi connectivity index (χ0v) is 5.20. The van der Waals surface area contributed by atoms with Gasteiger partial charge in [-0.2, -0.15) is 0 Å². The van der Waals surface area contributed by atoms with Crippen LogP contribution in [0.25, 0.3) is 0 Å². The van der Waals surface area contributed by atoms with Crippen molar-refractivity contribution in [2.75, 3.05) is 0 Å². The van der Waals surface area contributed by atoms with Crippen molar-refractivity contribution in [1.29, 1.82) is 0 Å². The summed E-state index contributed by atoms with van der Waals surface area (Å²) in [6.45, 7) is 0. The third-order valence-corrected chi connectivity index (χ3v) is 1.08. The molecule has 2 nitrogen and oxygen atoms in total. The standard InChI is InChI=1S/C7H10N2/c8-7-4-2-1-3-5-9-6-7/h2-7H,1,8H2/b4-2?,5-3-,9-6-. The van der Waals surface area contributed by atoms with E-state index in [0.717, 1.165) is 6.42 Å². The molecule has 9 heavy (non-hydrogen) atoms. The Morgan fingerprint density at radius 3 is 3.22 bits per heavy atom. The van der Waals surface area contributed by atoms with Crippen molar-refractivity contribution in [1.82, 2.24) is 0 Å². The molecule has 1 unspecified atom stereocenters. The summed E-state index contributed by atoms with van der Waals surface area (Å²) in [4.78, 5) is 3.93. The second-order valence-corrected chi connectivity index (χ2v) is 1.92. The normalized spacial score (nSPS) is 32.8. The van der Waals surface area contributed by atoms with Crippen LogP contribution in [0.2, 0.25) is 0 Å². The molecule has 1 aliphatic heterocycles. The summed E-state index contributed by atoms with van der Waals surface area (Å²) in [6, 6.07) is -0.00468. The van der Waals surface area contributed by atoms with Gasteiger partial charge in [0.2, 0.25) is 0 Å². The van der Waals surface area contributed by atoms with Gasteiger partial charge in [-0.15, -0.1) is 0 Å². The molecule has 0 radical (unpaired) electrons. The SMILES string of the molecule is NC1C=CC/C=C\N=C/1. The lowest BCUT2D eigenvalue weighted by atomic mass is 10.2. The Morgan fingerprint density at radius 1 is 1.44 bits per heavy atom. The summed E-state index contributed by atoms with van der Waals surface area (Å²) >= 11 is 0. The van der Waals surface area contributed by atoms with E-state index in [-0.39, 0.29) is 6.04 Å². The van der Waals surface area contributed by atoms with E-state index < -0.39 is 0 Å². The first-order chi connectivity index (χ1) is 4.39. The molecule has 1 atom stereocenters. The third-order valence-electron chi connectivity index (χ3n) is 1.08. The Hall–Kier alpha value is -0.890. The molecule has 0 saturated heterocycles. The first-order valence-corrected chi connectivity index (χ1v) is 3.00. The minimum Gasteiger partial charge on any atom is -0.320 e. The van der Waals surface area contributed by atoms with Crippen molar-refractivity contribution in [3.63, 3.8) is 0 Å². The van der Waals surface area contributed by atoms with Crippen LogP contribution in [0, 0.1) is 0 Å². The van der Waals surface area contributed by atoms with Crippen molar-refractivity contribution < 1.29 is 0 Å². The quantitative estimate of drug-likeness (QED) is 0.475. The van der Waals surface area contributed by atoms with Crippen LogP contribution in [0.4, 0.5) is 0 Å². The van der Waals surface area contributed by atoms with Gasteiger partial charge < -0.3 is 5.73 Å². The predicted molar refractivity (Wildman–Crippen MR) is 39.4 cm³/mol. The van der Waals surface area contributed by atoms with Gasteiger partial charge in [0.05, 0.1) is 6.04 Å². The Bertz CT molecular complexity index is 156.